The molecule has 10 saturated heterocycles. The molecule has 11 heteroatoms. The van der Waals surface area contributed by atoms with E-state index in [2.05, 4.69) is 33.9 Å². The van der Waals surface area contributed by atoms with Crippen molar-refractivity contribution in [2.75, 3.05) is 6.54 Å². The van der Waals surface area contributed by atoms with Crippen LogP contribution in [0.4, 0.5) is 0 Å². The number of hydrogen-bond acceptors (Lipinski definition) is 11. The van der Waals surface area contributed by atoms with E-state index in [9.17, 15) is 9.90 Å². The third-order valence-corrected chi connectivity index (χ3v) is 14.6. The second-order valence-electron chi connectivity index (χ2n) is 18.3. The smallest absolute Gasteiger partial charge is 0.172 e. The molecule has 0 aromatic heterocycles. The molecule has 10 aliphatic heterocycles. The van der Waals surface area contributed by atoms with Gasteiger partial charge in [0.15, 0.2) is 5.79 Å². The van der Waals surface area contributed by atoms with Crippen LogP contribution < -0.4 is 5.73 Å². The maximum atomic E-state index is 14.0. The summed E-state index contributed by atoms with van der Waals surface area (Å²) < 4.78 is 54.5. The zero-order valence-electron chi connectivity index (χ0n) is 31.3. The van der Waals surface area contributed by atoms with Crippen molar-refractivity contribution in [2.24, 2.45) is 23.5 Å². The first-order valence-corrected chi connectivity index (χ1v) is 20.5. The highest BCUT2D eigenvalue weighted by molar-refractivity contribution is 5.79. The third kappa shape index (κ3) is 6.40. The predicted octanol–water partition coefficient (Wildman–Crippen LogP) is 4.45. The van der Waals surface area contributed by atoms with Gasteiger partial charge in [0, 0.05) is 45.1 Å². The molecule has 0 aromatic carbocycles. The molecule has 11 nitrogen and oxygen atoms in total. The number of ether oxygens (including phenoxy) is 8. The van der Waals surface area contributed by atoms with E-state index in [1.54, 1.807) is 0 Å². The lowest BCUT2D eigenvalue weighted by Gasteiger charge is -2.47. The minimum atomic E-state index is -0.803. The summed E-state index contributed by atoms with van der Waals surface area (Å²) in [5.74, 6) is -0.272. The van der Waals surface area contributed by atoms with E-state index in [0.717, 1.165) is 56.1 Å². The van der Waals surface area contributed by atoms with Crippen LogP contribution in [0.2, 0.25) is 0 Å². The van der Waals surface area contributed by atoms with Crippen LogP contribution in [0, 0.1) is 17.8 Å². The molecule has 2 unspecified atom stereocenters. The van der Waals surface area contributed by atoms with E-state index in [4.69, 9.17) is 43.6 Å². The summed E-state index contributed by atoms with van der Waals surface area (Å²) in [6.07, 6.45) is 6.17. The van der Waals surface area contributed by atoms with Crippen LogP contribution in [0.5, 0.6) is 0 Å². The van der Waals surface area contributed by atoms with E-state index < -0.39 is 17.5 Å². The number of aliphatic hydroxyl groups excluding tert-OH is 1. The predicted molar refractivity (Wildman–Crippen MR) is 189 cm³/mol. The van der Waals surface area contributed by atoms with Crippen molar-refractivity contribution >= 4 is 5.78 Å². The Hall–Kier alpha value is -1.25. The summed E-state index contributed by atoms with van der Waals surface area (Å²) in [5, 5.41) is 10.5. The Kier molecular flexibility index (Phi) is 9.62. The fraction of sp³-hybridized carbons (Fsp3) is 0.878. The van der Waals surface area contributed by atoms with Crippen molar-refractivity contribution in [1.29, 1.82) is 0 Å². The monoisotopic (exact) mass is 727 g/mol. The Morgan fingerprint density at radius 2 is 1.58 bits per heavy atom. The zero-order chi connectivity index (χ0) is 36.1. The number of nitrogens with two attached hydrogens (primary N) is 1. The van der Waals surface area contributed by atoms with Gasteiger partial charge in [0.2, 0.25) is 0 Å². The first-order chi connectivity index (χ1) is 24.9. The molecule has 10 rings (SSSR count). The van der Waals surface area contributed by atoms with Gasteiger partial charge in [0.1, 0.15) is 41.9 Å². The Morgan fingerprint density at radius 1 is 0.808 bits per heavy atom. The molecule has 290 valence electrons. The van der Waals surface area contributed by atoms with Crippen LogP contribution in [-0.2, 0) is 42.7 Å². The molecule has 10 aliphatic rings. The molecule has 0 radical (unpaired) electrons. The van der Waals surface area contributed by atoms with Crippen LogP contribution in [-0.4, -0.2) is 114 Å². The molecule has 0 aromatic rings. The van der Waals surface area contributed by atoms with Gasteiger partial charge in [-0.25, -0.2) is 0 Å². The Bertz CT molecular complexity index is 1410. The number of carbonyl (C=O) groups excluding carboxylic acids is 1. The largest absolute Gasteiger partial charge is 0.392 e. The molecule has 0 saturated carbocycles. The summed E-state index contributed by atoms with van der Waals surface area (Å²) in [7, 11) is 0. The highest BCUT2D eigenvalue weighted by Crippen LogP contribution is 2.58. The van der Waals surface area contributed by atoms with Crippen LogP contribution in [0.3, 0.4) is 0 Å². The Balaban J connectivity index is 0.994. The lowest BCUT2D eigenvalue weighted by atomic mass is 9.78. The summed E-state index contributed by atoms with van der Waals surface area (Å²) >= 11 is 0. The number of fused-ring (bicyclic) bond motifs is 6. The zero-order valence-corrected chi connectivity index (χ0v) is 31.3. The van der Waals surface area contributed by atoms with Gasteiger partial charge in [-0.1, -0.05) is 27.0 Å². The minimum Gasteiger partial charge on any atom is -0.392 e. The van der Waals surface area contributed by atoms with Gasteiger partial charge in [-0.15, -0.1) is 0 Å². The van der Waals surface area contributed by atoms with Crippen molar-refractivity contribution in [2.45, 2.75) is 201 Å². The van der Waals surface area contributed by atoms with Crippen molar-refractivity contribution < 1.29 is 47.8 Å². The first kappa shape index (κ1) is 36.4. The molecule has 10 heterocycles. The number of aliphatic hydroxyl groups is 1. The highest BCUT2D eigenvalue weighted by atomic mass is 16.8. The first-order valence-electron chi connectivity index (χ1n) is 20.5. The summed E-state index contributed by atoms with van der Waals surface area (Å²) in [4.78, 5) is 14.0. The molecule has 19 atom stereocenters. The summed E-state index contributed by atoms with van der Waals surface area (Å²) in [6.45, 7) is 15.6. The molecule has 3 N–H and O–H groups in total. The second kappa shape index (κ2) is 13.7. The van der Waals surface area contributed by atoms with Gasteiger partial charge >= 0.3 is 0 Å². The fourth-order valence-corrected chi connectivity index (χ4v) is 11.7. The average molecular weight is 728 g/mol. The molecular formula is C41H61NO10. The number of rotatable bonds is 3. The lowest BCUT2D eigenvalue weighted by molar-refractivity contribution is -0.294. The summed E-state index contributed by atoms with van der Waals surface area (Å²) in [6, 6.07) is 0. The number of Topliss-reactive ketones (excluding diaryl/α,β-unsaturated/α-hetero) is 1. The Morgan fingerprint density at radius 3 is 2.40 bits per heavy atom. The average Bonchev–Trinajstić information content (AvgIpc) is 3.73. The number of ketones is 1. The van der Waals surface area contributed by atoms with Gasteiger partial charge < -0.3 is 48.7 Å². The van der Waals surface area contributed by atoms with Crippen molar-refractivity contribution in [3.8, 4) is 0 Å². The van der Waals surface area contributed by atoms with Crippen molar-refractivity contribution in [3.05, 3.63) is 24.3 Å². The SMILES string of the molecule is C=C1C[C@@H]2CC[C@@]34C[C@@]5(C)O[C@H]6[C@@H](O3)[C@H]3O[C@H](CC[C@@H]3O[C@H]6[C@H]5O4)CC(=O)C[C@@H]3[C@@H](C)[C@@H](C[C@H](O)CN)O[C@H]3CC3O[C@@H](CCC1O2)C[C@@H](C)C3=C. The quantitative estimate of drug-likeness (QED) is 0.399. The van der Waals surface area contributed by atoms with Crippen molar-refractivity contribution in [3.63, 3.8) is 0 Å². The topological polar surface area (TPSA) is 137 Å². The number of carbonyl (C=O) groups is 1. The molecule has 12 bridgehead atoms. The second-order valence-corrected chi connectivity index (χ2v) is 18.3. The summed E-state index contributed by atoms with van der Waals surface area (Å²) in [5.41, 5.74) is 7.57. The van der Waals surface area contributed by atoms with Gasteiger partial charge in [0.25, 0.3) is 0 Å². The Labute approximate surface area is 308 Å². The van der Waals surface area contributed by atoms with E-state index >= 15 is 0 Å². The third-order valence-electron chi connectivity index (χ3n) is 14.6. The maximum absolute atomic E-state index is 14.0. The van der Waals surface area contributed by atoms with Crippen molar-refractivity contribution in [1.82, 2.24) is 0 Å². The highest BCUT2D eigenvalue weighted by Gasteiger charge is 2.73. The van der Waals surface area contributed by atoms with Crippen LogP contribution in [0.25, 0.3) is 0 Å². The van der Waals surface area contributed by atoms with E-state index in [0.29, 0.717) is 44.4 Å². The van der Waals surface area contributed by atoms with Gasteiger partial charge in [-0.3, -0.25) is 4.79 Å². The number of hydrogen-bond donors (Lipinski definition) is 2. The normalized spacial score (nSPS) is 53.8. The maximum Gasteiger partial charge on any atom is 0.172 e. The van der Waals surface area contributed by atoms with Gasteiger partial charge in [-0.05, 0) is 80.8 Å². The van der Waals surface area contributed by atoms with Gasteiger partial charge in [0.05, 0.1) is 54.9 Å². The molecule has 10 fully saturated rings. The lowest BCUT2D eigenvalue weighted by Crippen LogP contribution is -2.61. The van der Waals surface area contributed by atoms with E-state index in [1.807, 2.05) is 0 Å². The van der Waals surface area contributed by atoms with Crippen LogP contribution in [0.15, 0.2) is 24.3 Å². The van der Waals surface area contributed by atoms with Crippen LogP contribution >= 0.6 is 0 Å². The molecule has 0 amide bonds. The van der Waals surface area contributed by atoms with E-state index in [1.165, 1.54) is 0 Å². The van der Waals surface area contributed by atoms with E-state index in [-0.39, 0.29) is 104 Å². The molecule has 0 aliphatic carbocycles. The van der Waals surface area contributed by atoms with Gasteiger partial charge in [-0.2, -0.15) is 0 Å². The molecule has 1 spiro atoms. The fourth-order valence-electron chi connectivity index (χ4n) is 11.7. The molecular weight excluding hydrogens is 666 g/mol. The standard InChI is InChI=1S/C41H61NO10/c1-20-12-26-6-8-30-21(2)13-28(45-30)10-11-41-19-40(5)39(52-41)38-37(50-40)36(51-41)35-31(49-38)9-7-27(47-35)14-24(43)15-29-23(4)32(16-25(44)18-42)48-34(29)17-33(46-26)22(20)3/h20,23,25-39,44H,2-3,6-19,42H2,1,4-5H3/t20-,23-,25+,26+,27-,28+,29-,30?,31+,32-,33?,34+,35+,36+,37+,38-,39-,40-,41-/m1/s1. The minimum absolute atomic E-state index is 0.00566. The molecule has 52 heavy (non-hydrogen) atoms. The van der Waals surface area contributed by atoms with Crippen LogP contribution in [0.1, 0.15) is 104 Å².